The van der Waals surface area contributed by atoms with Crippen molar-refractivity contribution in [2.45, 2.75) is 20.3 Å². The maximum Gasteiger partial charge on any atom is 0.287 e. The van der Waals surface area contributed by atoms with Crippen LogP contribution < -0.4 is 5.32 Å². The van der Waals surface area contributed by atoms with Gasteiger partial charge in [-0.1, -0.05) is 26.0 Å². The zero-order chi connectivity index (χ0) is 17.2. The number of aliphatic hydroxyl groups excluding tert-OH is 1. The molecule has 0 atom stereocenters. The number of fused-ring (bicyclic) bond motifs is 1. The first-order chi connectivity index (χ1) is 11.5. The molecule has 0 bridgehead atoms. The van der Waals surface area contributed by atoms with Crippen molar-refractivity contribution in [3.63, 3.8) is 0 Å². The molecule has 2 N–H and O–H groups in total. The van der Waals surface area contributed by atoms with Gasteiger partial charge in [0.1, 0.15) is 0 Å². The third-order valence-electron chi connectivity index (χ3n) is 3.85. The van der Waals surface area contributed by atoms with Gasteiger partial charge in [-0.25, -0.2) is 4.98 Å². The average molecular weight is 344 g/mol. The van der Waals surface area contributed by atoms with Crippen molar-refractivity contribution in [3.8, 4) is 10.8 Å². The summed E-state index contributed by atoms with van der Waals surface area (Å²) in [6.07, 6.45) is 0.627. The van der Waals surface area contributed by atoms with E-state index in [1.54, 1.807) is 12.1 Å². The molecule has 0 aliphatic rings. The summed E-state index contributed by atoms with van der Waals surface area (Å²) < 4.78 is 6.76. The Balaban J connectivity index is 1.72. The fourth-order valence-electron chi connectivity index (χ4n) is 2.35. The van der Waals surface area contributed by atoms with Crippen molar-refractivity contribution in [1.82, 2.24) is 10.3 Å². The highest BCUT2D eigenvalue weighted by Crippen LogP contribution is 2.31. The number of hydrogen-bond acceptors (Lipinski definition) is 5. The lowest BCUT2D eigenvalue weighted by atomic mass is 9.90. The summed E-state index contributed by atoms with van der Waals surface area (Å²) in [5.74, 6) is 0.605. The quantitative estimate of drug-likeness (QED) is 0.715. The number of benzene rings is 1. The lowest BCUT2D eigenvalue weighted by Gasteiger charge is -2.23. The fraction of sp³-hybridized carbons (Fsp3) is 0.333. The summed E-state index contributed by atoms with van der Waals surface area (Å²) >= 11 is 1.54. The van der Waals surface area contributed by atoms with Crippen LogP contribution in [0.15, 0.2) is 40.8 Å². The van der Waals surface area contributed by atoms with Gasteiger partial charge in [-0.15, -0.1) is 11.3 Å². The molecule has 1 amide bonds. The van der Waals surface area contributed by atoms with Crippen molar-refractivity contribution < 1.29 is 14.3 Å². The number of nitrogens with one attached hydrogen (secondary N) is 1. The molecule has 0 saturated heterocycles. The second-order valence-corrected chi connectivity index (χ2v) is 7.50. The first-order valence-electron chi connectivity index (χ1n) is 7.83. The van der Waals surface area contributed by atoms with Crippen molar-refractivity contribution in [2.75, 3.05) is 13.2 Å². The molecule has 6 heteroatoms. The molecule has 126 valence electrons. The SMILES string of the molecule is CC(C)(CCO)CNC(=O)c1ccc(-c2nc3ccccc3s2)o1. The highest BCUT2D eigenvalue weighted by molar-refractivity contribution is 7.21. The van der Waals surface area contributed by atoms with E-state index >= 15 is 0 Å². The van der Waals surface area contributed by atoms with E-state index in [9.17, 15) is 4.79 Å². The van der Waals surface area contributed by atoms with Gasteiger partial charge in [-0.3, -0.25) is 4.79 Å². The van der Waals surface area contributed by atoms with Gasteiger partial charge >= 0.3 is 0 Å². The highest BCUT2D eigenvalue weighted by atomic mass is 32.1. The molecule has 0 radical (unpaired) electrons. The van der Waals surface area contributed by atoms with E-state index < -0.39 is 0 Å². The largest absolute Gasteiger partial charge is 0.448 e. The number of nitrogens with zero attached hydrogens (tertiary/aromatic N) is 1. The predicted molar refractivity (Wildman–Crippen MR) is 95.1 cm³/mol. The van der Waals surface area contributed by atoms with E-state index in [1.165, 1.54) is 11.3 Å². The topological polar surface area (TPSA) is 75.4 Å². The van der Waals surface area contributed by atoms with Crippen molar-refractivity contribution in [2.24, 2.45) is 5.41 Å². The second-order valence-electron chi connectivity index (χ2n) is 6.47. The highest BCUT2D eigenvalue weighted by Gasteiger charge is 2.20. The second kappa shape index (κ2) is 6.75. The molecule has 24 heavy (non-hydrogen) atoms. The third kappa shape index (κ3) is 3.66. The number of furan rings is 1. The van der Waals surface area contributed by atoms with Gasteiger partial charge in [-0.2, -0.15) is 0 Å². The number of carbonyl (C=O) groups excluding carboxylic acids is 1. The summed E-state index contributed by atoms with van der Waals surface area (Å²) in [5.41, 5.74) is 0.762. The van der Waals surface area contributed by atoms with Gasteiger partial charge in [0.15, 0.2) is 16.5 Å². The van der Waals surface area contributed by atoms with Gasteiger partial charge in [0, 0.05) is 13.2 Å². The molecule has 0 saturated carbocycles. The number of hydrogen-bond donors (Lipinski definition) is 2. The van der Waals surface area contributed by atoms with Crippen LogP contribution in [0.25, 0.3) is 21.0 Å². The molecule has 2 aromatic heterocycles. The summed E-state index contributed by atoms with van der Waals surface area (Å²) in [4.78, 5) is 16.8. The maximum absolute atomic E-state index is 12.2. The normalized spacial score (nSPS) is 11.8. The number of aliphatic hydroxyl groups is 1. The van der Waals surface area contributed by atoms with Gasteiger partial charge in [0.25, 0.3) is 5.91 Å². The molecule has 3 aromatic rings. The monoisotopic (exact) mass is 344 g/mol. The fourth-order valence-corrected chi connectivity index (χ4v) is 3.28. The Labute approximate surface area is 144 Å². The van der Waals surface area contributed by atoms with Crippen LogP contribution in [0.5, 0.6) is 0 Å². The number of thiazole rings is 1. The standard InChI is InChI=1S/C18H20N2O3S/c1-18(2,9-10-21)11-19-16(22)13-7-8-14(23-13)17-20-12-5-3-4-6-15(12)24-17/h3-8,21H,9-11H2,1-2H3,(H,19,22). The molecule has 0 fully saturated rings. The minimum absolute atomic E-state index is 0.103. The van der Waals surface area contributed by atoms with Crippen LogP contribution >= 0.6 is 11.3 Å². The first kappa shape index (κ1) is 16.7. The van der Waals surface area contributed by atoms with Gasteiger partial charge in [0.05, 0.1) is 10.2 Å². The van der Waals surface area contributed by atoms with Crippen LogP contribution in [-0.2, 0) is 0 Å². The number of amides is 1. The summed E-state index contributed by atoms with van der Waals surface area (Å²) in [6, 6.07) is 11.3. The van der Waals surface area contributed by atoms with Crippen molar-refractivity contribution in [1.29, 1.82) is 0 Å². The van der Waals surface area contributed by atoms with E-state index in [-0.39, 0.29) is 23.7 Å². The van der Waals surface area contributed by atoms with Gasteiger partial charge < -0.3 is 14.8 Å². The van der Waals surface area contributed by atoms with Gasteiger partial charge in [0.2, 0.25) is 0 Å². The Morgan fingerprint density at radius 2 is 2.08 bits per heavy atom. The number of rotatable bonds is 6. The molecule has 0 spiro atoms. The molecule has 5 nitrogen and oxygen atoms in total. The maximum atomic E-state index is 12.2. The van der Waals surface area contributed by atoms with E-state index in [4.69, 9.17) is 9.52 Å². The van der Waals surface area contributed by atoms with Crippen molar-refractivity contribution in [3.05, 3.63) is 42.2 Å². The van der Waals surface area contributed by atoms with Crippen LogP contribution in [0, 0.1) is 5.41 Å². The van der Waals surface area contributed by atoms with Crippen LogP contribution in [0.1, 0.15) is 30.8 Å². The Kier molecular flexibility index (Phi) is 4.69. The molecular formula is C18H20N2O3S. The van der Waals surface area contributed by atoms with E-state index in [0.717, 1.165) is 15.2 Å². The Hall–Kier alpha value is -2.18. The average Bonchev–Trinajstić information content (AvgIpc) is 3.19. The van der Waals surface area contributed by atoms with Crippen LogP contribution in [0.2, 0.25) is 0 Å². The third-order valence-corrected chi connectivity index (χ3v) is 4.90. The lowest BCUT2D eigenvalue weighted by molar-refractivity contribution is 0.0901. The summed E-state index contributed by atoms with van der Waals surface area (Å²) in [6.45, 7) is 4.57. The molecule has 1 aromatic carbocycles. The summed E-state index contributed by atoms with van der Waals surface area (Å²) in [5, 5.41) is 12.7. The molecule has 0 aliphatic heterocycles. The Morgan fingerprint density at radius 3 is 2.83 bits per heavy atom. The van der Waals surface area contributed by atoms with Crippen LogP contribution in [-0.4, -0.2) is 29.1 Å². The predicted octanol–water partition coefficient (Wildman–Crippen LogP) is 3.69. The van der Waals surface area contributed by atoms with E-state index in [1.807, 2.05) is 38.1 Å². The van der Waals surface area contributed by atoms with Crippen LogP contribution in [0.4, 0.5) is 0 Å². The molecule has 3 rings (SSSR count). The zero-order valence-electron chi connectivity index (χ0n) is 13.7. The van der Waals surface area contributed by atoms with E-state index in [2.05, 4.69) is 10.3 Å². The van der Waals surface area contributed by atoms with E-state index in [0.29, 0.717) is 18.7 Å². The molecule has 2 heterocycles. The Morgan fingerprint density at radius 1 is 1.29 bits per heavy atom. The Bertz CT molecular complexity index is 818. The molecule has 0 unspecified atom stereocenters. The van der Waals surface area contributed by atoms with Crippen LogP contribution in [0.3, 0.4) is 0 Å². The zero-order valence-corrected chi connectivity index (χ0v) is 14.5. The molecular weight excluding hydrogens is 324 g/mol. The lowest BCUT2D eigenvalue weighted by Crippen LogP contribution is -2.34. The smallest absolute Gasteiger partial charge is 0.287 e. The minimum Gasteiger partial charge on any atom is -0.448 e. The van der Waals surface area contributed by atoms with Crippen molar-refractivity contribution >= 4 is 27.5 Å². The molecule has 0 aliphatic carbocycles. The number of carbonyl (C=O) groups is 1. The van der Waals surface area contributed by atoms with Gasteiger partial charge in [-0.05, 0) is 36.1 Å². The minimum atomic E-state index is -0.256. The summed E-state index contributed by atoms with van der Waals surface area (Å²) in [7, 11) is 0. The number of para-hydroxylation sites is 1. The number of aromatic nitrogens is 1. The first-order valence-corrected chi connectivity index (χ1v) is 8.65.